The van der Waals surface area contributed by atoms with Crippen molar-refractivity contribution in [1.29, 1.82) is 0 Å². The maximum Gasteiger partial charge on any atom is 0.168 e. The molecule has 0 unspecified atom stereocenters. The maximum absolute atomic E-state index is 5.45. The summed E-state index contributed by atoms with van der Waals surface area (Å²) in [5, 5.41) is 8.44. The second kappa shape index (κ2) is 7.45. The van der Waals surface area contributed by atoms with Crippen LogP contribution in [-0.2, 0) is 12.8 Å². The third kappa shape index (κ3) is 3.33. The molecule has 0 aliphatic carbocycles. The van der Waals surface area contributed by atoms with Crippen molar-refractivity contribution in [2.75, 3.05) is 14.2 Å². The lowest BCUT2D eigenvalue weighted by Gasteiger charge is -2.11. The fraction of sp³-hybridized carbons (Fsp3) is 0.190. The Morgan fingerprint density at radius 1 is 0.963 bits per heavy atom. The van der Waals surface area contributed by atoms with Crippen molar-refractivity contribution >= 4 is 5.65 Å². The van der Waals surface area contributed by atoms with Crippen LogP contribution in [0.15, 0.2) is 61.2 Å². The topological polar surface area (TPSA) is 61.5 Å². The molecule has 4 rings (SSSR count). The number of pyridine rings is 2. The number of aromatic nitrogens is 4. The summed E-state index contributed by atoms with van der Waals surface area (Å²) in [7, 11) is 3.34. The van der Waals surface area contributed by atoms with Gasteiger partial charge < -0.3 is 9.47 Å². The van der Waals surface area contributed by atoms with E-state index in [-0.39, 0.29) is 0 Å². The van der Waals surface area contributed by atoms with Crippen molar-refractivity contribution in [2.45, 2.75) is 12.8 Å². The zero-order valence-corrected chi connectivity index (χ0v) is 15.3. The lowest BCUT2D eigenvalue weighted by Crippen LogP contribution is -2.01. The number of para-hydroxylation sites is 1. The minimum atomic E-state index is 0.713. The van der Waals surface area contributed by atoms with E-state index in [1.165, 1.54) is 5.56 Å². The molecule has 0 atom stereocenters. The summed E-state index contributed by atoms with van der Waals surface area (Å²) in [6, 6.07) is 14.2. The number of rotatable bonds is 6. The van der Waals surface area contributed by atoms with Crippen LogP contribution >= 0.6 is 0 Å². The van der Waals surface area contributed by atoms with E-state index in [9.17, 15) is 0 Å². The summed E-state index contributed by atoms with van der Waals surface area (Å²) in [6.45, 7) is 0. The molecular weight excluding hydrogens is 340 g/mol. The van der Waals surface area contributed by atoms with Crippen molar-refractivity contribution < 1.29 is 9.47 Å². The lowest BCUT2D eigenvalue weighted by atomic mass is 10.0. The normalized spacial score (nSPS) is 10.9. The average Bonchev–Trinajstić information content (AvgIpc) is 3.22. The van der Waals surface area contributed by atoms with E-state index in [0.29, 0.717) is 5.75 Å². The van der Waals surface area contributed by atoms with Crippen molar-refractivity contribution in [3.63, 3.8) is 0 Å². The second-order valence-electron chi connectivity index (χ2n) is 6.19. The van der Waals surface area contributed by atoms with E-state index < -0.39 is 0 Å². The van der Waals surface area contributed by atoms with Gasteiger partial charge in [0.05, 0.1) is 20.4 Å². The van der Waals surface area contributed by atoms with Crippen LogP contribution in [0.3, 0.4) is 0 Å². The van der Waals surface area contributed by atoms with E-state index in [4.69, 9.17) is 9.47 Å². The monoisotopic (exact) mass is 360 g/mol. The predicted octanol–water partition coefficient (Wildman–Crippen LogP) is 3.59. The summed E-state index contributed by atoms with van der Waals surface area (Å²) in [5.74, 6) is 1.63. The van der Waals surface area contributed by atoms with E-state index in [1.807, 2.05) is 28.7 Å². The number of ether oxygens (including phenoxy) is 2. The van der Waals surface area contributed by atoms with Crippen LogP contribution in [-0.4, -0.2) is 33.8 Å². The smallest absolute Gasteiger partial charge is 0.168 e. The van der Waals surface area contributed by atoms with Crippen LogP contribution < -0.4 is 9.47 Å². The average molecular weight is 360 g/mol. The molecular formula is C21H20N4O2. The third-order valence-corrected chi connectivity index (χ3v) is 4.64. The highest BCUT2D eigenvalue weighted by atomic mass is 16.5. The molecule has 0 saturated carbocycles. The summed E-state index contributed by atoms with van der Waals surface area (Å²) in [4.78, 5) is 4.24. The molecule has 1 aromatic carbocycles. The first kappa shape index (κ1) is 17.0. The molecule has 6 heteroatoms. The Morgan fingerprint density at radius 2 is 1.85 bits per heavy atom. The van der Waals surface area contributed by atoms with Crippen molar-refractivity contribution in [3.8, 4) is 22.6 Å². The highest BCUT2D eigenvalue weighted by molar-refractivity contribution is 5.77. The first-order valence-corrected chi connectivity index (χ1v) is 8.73. The van der Waals surface area contributed by atoms with Gasteiger partial charge in [-0.3, -0.25) is 9.38 Å². The van der Waals surface area contributed by atoms with Crippen LogP contribution in [0.5, 0.6) is 11.5 Å². The van der Waals surface area contributed by atoms with Crippen LogP contribution in [0.25, 0.3) is 16.8 Å². The quantitative estimate of drug-likeness (QED) is 0.526. The number of hydrogen-bond donors (Lipinski definition) is 0. The van der Waals surface area contributed by atoms with E-state index >= 15 is 0 Å². The van der Waals surface area contributed by atoms with Crippen molar-refractivity contribution in [2.24, 2.45) is 0 Å². The summed E-state index contributed by atoms with van der Waals surface area (Å²) in [5.41, 5.74) is 5.05. The fourth-order valence-corrected chi connectivity index (χ4v) is 3.24. The first-order chi connectivity index (χ1) is 13.3. The van der Waals surface area contributed by atoms with Gasteiger partial charge in [0.15, 0.2) is 5.65 Å². The molecule has 0 bridgehead atoms. The van der Waals surface area contributed by atoms with Gasteiger partial charge in [0.2, 0.25) is 0 Å². The Hall–Kier alpha value is -3.41. The highest BCUT2D eigenvalue weighted by Crippen LogP contribution is 2.27. The molecule has 27 heavy (non-hydrogen) atoms. The predicted molar refractivity (Wildman–Crippen MR) is 103 cm³/mol. The van der Waals surface area contributed by atoms with Crippen molar-refractivity contribution in [1.82, 2.24) is 19.6 Å². The molecule has 4 aromatic rings. The lowest BCUT2D eigenvalue weighted by molar-refractivity contribution is 0.409. The summed E-state index contributed by atoms with van der Waals surface area (Å²) in [6.07, 6.45) is 6.97. The van der Waals surface area contributed by atoms with Gasteiger partial charge in [-0.1, -0.05) is 18.2 Å². The van der Waals surface area contributed by atoms with Crippen LogP contribution in [0.2, 0.25) is 0 Å². The number of nitrogens with zero attached hydrogens (tertiary/aromatic N) is 4. The van der Waals surface area contributed by atoms with Gasteiger partial charge in [0.25, 0.3) is 0 Å². The molecule has 0 aliphatic rings. The van der Waals surface area contributed by atoms with Gasteiger partial charge >= 0.3 is 0 Å². The van der Waals surface area contributed by atoms with E-state index in [0.717, 1.165) is 41.1 Å². The Balaban J connectivity index is 1.67. The van der Waals surface area contributed by atoms with Crippen LogP contribution in [0, 0.1) is 0 Å². The minimum absolute atomic E-state index is 0.713. The van der Waals surface area contributed by atoms with Crippen molar-refractivity contribution in [3.05, 3.63) is 72.4 Å². The zero-order valence-electron chi connectivity index (χ0n) is 15.3. The van der Waals surface area contributed by atoms with E-state index in [1.54, 1.807) is 32.9 Å². The third-order valence-electron chi connectivity index (χ3n) is 4.64. The van der Waals surface area contributed by atoms with Gasteiger partial charge in [0, 0.05) is 23.0 Å². The molecule has 0 spiro atoms. The molecule has 3 heterocycles. The standard InChI is InChI=1S/C21H20N4O2/c1-26-18-11-16(12-22-13-18)19-10-9-17(25-14-23-24-21(19)25)8-7-15-5-3-4-6-20(15)27-2/h3-6,9-14H,7-8H2,1-2H3. The molecule has 0 N–H and O–H groups in total. The second-order valence-corrected chi connectivity index (χ2v) is 6.19. The SMILES string of the molecule is COc1cncc(-c2ccc(CCc3ccccc3OC)n3cnnc23)c1. The molecule has 6 nitrogen and oxygen atoms in total. The molecule has 136 valence electrons. The number of benzene rings is 1. The van der Waals surface area contributed by atoms with Crippen LogP contribution in [0.1, 0.15) is 11.3 Å². The van der Waals surface area contributed by atoms with E-state index in [2.05, 4.69) is 33.4 Å². The first-order valence-electron chi connectivity index (χ1n) is 8.73. The Labute approximate surface area is 157 Å². The zero-order chi connectivity index (χ0) is 18.6. The maximum atomic E-state index is 5.45. The van der Waals surface area contributed by atoms with Gasteiger partial charge in [-0.2, -0.15) is 0 Å². The molecule has 0 amide bonds. The fourth-order valence-electron chi connectivity index (χ4n) is 3.24. The van der Waals surface area contributed by atoms with Gasteiger partial charge in [-0.25, -0.2) is 0 Å². The Kier molecular flexibility index (Phi) is 4.70. The highest BCUT2D eigenvalue weighted by Gasteiger charge is 2.12. The van der Waals surface area contributed by atoms with Gasteiger partial charge in [-0.05, 0) is 42.7 Å². The molecule has 0 radical (unpaired) electrons. The minimum Gasteiger partial charge on any atom is -0.496 e. The Bertz CT molecular complexity index is 1070. The molecule has 0 saturated heterocycles. The van der Waals surface area contributed by atoms with Gasteiger partial charge in [-0.15, -0.1) is 10.2 Å². The Morgan fingerprint density at radius 3 is 2.70 bits per heavy atom. The van der Waals surface area contributed by atoms with Gasteiger partial charge in [0.1, 0.15) is 17.8 Å². The number of aryl methyl sites for hydroxylation is 2. The molecule has 3 aromatic heterocycles. The van der Waals surface area contributed by atoms with Crippen LogP contribution in [0.4, 0.5) is 0 Å². The number of hydrogen-bond acceptors (Lipinski definition) is 5. The summed E-state index contributed by atoms with van der Waals surface area (Å²) < 4.78 is 12.8. The molecule has 0 aliphatic heterocycles. The largest absolute Gasteiger partial charge is 0.496 e. The molecule has 0 fully saturated rings. The summed E-state index contributed by atoms with van der Waals surface area (Å²) >= 11 is 0. The number of methoxy groups -OCH3 is 2. The number of fused-ring (bicyclic) bond motifs is 1.